The summed E-state index contributed by atoms with van der Waals surface area (Å²) < 4.78 is 19.2. The zero-order chi connectivity index (χ0) is 14.7. The van der Waals surface area contributed by atoms with Gasteiger partial charge in [-0.3, -0.25) is 0 Å². The number of benzene rings is 2. The van der Waals surface area contributed by atoms with Gasteiger partial charge in [-0.15, -0.1) is 0 Å². The van der Waals surface area contributed by atoms with Crippen molar-refractivity contribution in [2.75, 3.05) is 5.73 Å². The summed E-state index contributed by atoms with van der Waals surface area (Å²) in [5, 5.41) is 0.376. The van der Waals surface area contributed by atoms with E-state index in [-0.39, 0.29) is 23.4 Å². The number of nitrogen functional groups attached to an aromatic ring is 1. The molecule has 104 valence electrons. The average Bonchev–Trinajstić information content (AvgIpc) is 2.40. The van der Waals surface area contributed by atoms with E-state index in [1.807, 2.05) is 0 Å². The van der Waals surface area contributed by atoms with Crippen molar-refractivity contribution in [1.82, 2.24) is 0 Å². The van der Waals surface area contributed by atoms with Crippen LogP contribution >= 0.6 is 27.5 Å². The van der Waals surface area contributed by atoms with Crippen LogP contribution in [0.4, 0.5) is 10.1 Å². The Bertz CT molecular complexity index is 664. The normalized spacial score (nSPS) is 10.3. The van der Waals surface area contributed by atoms with Crippen LogP contribution in [0.5, 0.6) is 0 Å². The number of carbonyl (C=O) groups is 1. The van der Waals surface area contributed by atoms with Gasteiger partial charge in [0.05, 0.1) is 5.56 Å². The third-order valence-electron chi connectivity index (χ3n) is 2.61. The van der Waals surface area contributed by atoms with Crippen molar-refractivity contribution in [1.29, 1.82) is 0 Å². The van der Waals surface area contributed by atoms with Crippen molar-refractivity contribution in [3.05, 3.63) is 62.8 Å². The lowest BCUT2D eigenvalue weighted by atomic mass is 10.2. The van der Waals surface area contributed by atoms with E-state index in [4.69, 9.17) is 22.1 Å². The maximum atomic E-state index is 13.6. The molecular formula is C14H10BrClFNO2. The lowest BCUT2D eigenvalue weighted by Gasteiger charge is -2.08. The Balaban J connectivity index is 2.10. The molecule has 6 heteroatoms. The molecule has 0 atom stereocenters. The monoisotopic (exact) mass is 357 g/mol. The van der Waals surface area contributed by atoms with Gasteiger partial charge in [0, 0.05) is 20.7 Å². The predicted octanol–water partition coefficient (Wildman–Crippen LogP) is 4.18. The van der Waals surface area contributed by atoms with E-state index in [0.717, 1.165) is 0 Å². The van der Waals surface area contributed by atoms with E-state index in [1.165, 1.54) is 24.3 Å². The first-order chi connectivity index (χ1) is 9.47. The molecule has 0 aliphatic rings. The standard InChI is InChI=1S/C14H10BrClFNO2/c15-9-2-1-8(12(17)5-9)7-20-14(19)11-6-10(16)3-4-13(11)18/h1-6H,7,18H2. The number of halogens is 3. The van der Waals surface area contributed by atoms with E-state index in [0.29, 0.717) is 9.50 Å². The van der Waals surface area contributed by atoms with Crippen LogP contribution in [-0.4, -0.2) is 5.97 Å². The Morgan fingerprint density at radius 2 is 2.05 bits per heavy atom. The van der Waals surface area contributed by atoms with Gasteiger partial charge in [0.2, 0.25) is 0 Å². The summed E-state index contributed by atoms with van der Waals surface area (Å²) in [7, 11) is 0. The number of hydrogen-bond donors (Lipinski definition) is 1. The summed E-state index contributed by atoms with van der Waals surface area (Å²) in [5.41, 5.74) is 6.37. The Hall–Kier alpha value is -1.59. The van der Waals surface area contributed by atoms with Crippen LogP contribution in [0, 0.1) is 5.82 Å². The molecule has 0 spiro atoms. The zero-order valence-electron chi connectivity index (χ0n) is 10.2. The second-order valence-electron chi connectivity index (χ2n) is 4.04. The van der Waals surface area contributed by atoms with Crippen LogP contribution in [-0.2, 0) is 11.3 Å². The van der Waals surface area contributed by atoms with Crippen LogP contribution in [0.2, 0.25) is 5.02 Å². The van der Waals surface area contributed by atoms with Crippen molar-refractivity contribution in [3.63, 3.8) is 0 Å². The molecule has 0 amide bonds. The quantitative estimate of drug-likeness (QED) is 0.661. The average molecular weight is 359 g/mol. The minimum atomic E-state index is -0.646. The minimum Gasteiger partial charge on any atom is -0.457 e. The largest absolute Gasteiger partial charge is 0.457 e. The zero-order valence-corrected chi connectivity index (χ0v) is 12.5. The van der Waals surface area contributed by atoms with Crippen molar-refractivity contribution in [2.24, 2.45) is 0 Å². The molecule has 0 heterocycles. The van der Waals surface area contributed by atoms with E-state index in [9.17, 15) is 9.18 Å². The molecule has 0 fully saturated rings. The van der Waals surface area contributed by atoms with Crippen LogP contribution in [0.15, 0.2) is 40.9 Å². The number of hydrogen-bond acceptors (Lipinski definition) is 3. The lowest BCUT2D eigenvalue weighted by Crippen LogP contribution is -2.09. The van der Waals surface area contributed by atoms with Gasteiger partial charge in [-0.2, -0.15) is 0 Å². The maximum Gasteiger partial charge on any atom is 0.340 e. The van der Waals surface area contributed by atoms with Crippen molar-refractivity contribution >= 4 is 39.2 Å². The number of anilines is 1. The molecule has 0 aliphatic carbocycles. The molecule has 20 heavy (non-hydrogen) atoms. The third kappa shape index (κ3) is 3.49. The second kappa shape index (κ2) is 6.24. The third-order valence-corrected chi connectivity index (χ3v) is 3.34. The fourth-order valence-electron chi connectivity index (χ4n) is 1.57. The molecule has 2 N–H and O–H groups in total. The van der Waals surface area contributed by atoms with Crippen LogP contribution in [0.1, 0.15) is 15.9 Å². The predicted molar refractivity (Wildman–Crippen MR) is 79.1 cm³/mol. The number of ether oxygens (including phenoxy) is 1. The fraction of sp³-hybridized carbons (Fsp3) is 0.0714. The molecule has 2 aromatic rings. The molecule has 0 unspecified atom stereocenters. The van der Waals surface area contributed by atoms with Crippen molar-refractivity contribution in [3.8, 4) is 0 Å². The molecule has 3 nitrogen and oxygen atoms in total. The molecule has 0 aliphatic heterocycles. The Morgan fingerprint density at radius 3 is 2.75 bits per heavy atom. The second-order valence-corrected chi connectivity index (χ2v) is 5.40. The van der Waals surface area contributed by atoms with E-state index < -0.39 is 11.8 Å². The topological polar surface area (TPSA) is 52.3 Å². The minimum absolute atomic E-state index is 0.162. The summed E-state index contributed by atoms with van der Waals surface area (Å²) in [6.45, 7) is -0.177. The maximum absolute atomic E-state index is 13.6. The first-order valence-electron chi connectivity index (χ1n) is 5.63. The molecule has 0 aromatic heterocycles. The van der Waals surface area contributed by atoms with E-state index in [1.54, 1.807) is 12.1 Å². The van der Waals surface area contributed by atoms with Crippen LogP contribution in [0.25, 0.3) is 0 Å². The first-order valence-corrected chi connectivity index (χ1v) is 6.80. The highest BCUT2D eigenvalue weighted by Gasteiger charge is 2.13. The smallest absolute Gasteiger partial charge is 0.340 e. The van der Waals surface area contributed by atoms with E-state index in [2.05, 4.69) is 15.9 Å². The van der Waals surface area contributed by atoms with Gasteiger partial charge in [0.25, 0.3) is 0 Å². The highest BCUT2D eigenvalue weighted by atomic mass is 79.9. The molecule has 0 radical (unpaired) electrons. The van der Waals surface area contributed by atoms with Crippen molar-refractivity contribution in [2.45, 2.75) is 6.61 Å². The SMILES string of the molecule is Nc1ccc(Cl)cc1C(=O)OCc1ccc(Br)cc1F. The Morgan fingerprint density at radius 1 is 1.30 bits per heavy atom. The van der Waals surface area contributed by atoms with Crippen molar-refractivity contribution < 1.29 is 13.9 Å². The first kappa shape index (κ1) is 14.8. The summed E-state index contributed by atoms with van der Waals surface area (Å²) in [5.74, 6) is -1.10. The number of esters is 1. The van der Waals surface area contributed by atoms with Gasteiger partial charge in [-0.1, -0.05) is 33.6 Å². The van der Waals surface area contributed by atoms with Gasteiger partial charge in [-0.25, -0.2) is 9.18 Å². The molecular weight excluding hydrogens is 349 g/mol. The van der Waals surface area contributed by atoms with E-state index >= 15 is 0 Å². The molecule has 0 saturated heterocycles. The van der Waals surface area contributed by atoms with Gasteiger partial charge >= 0.3 is 5.97 Å². The summed E-state index contributed by atoms with van der Waals surface area (Å²) >= 11 is 8.94. The fourth-order valence-corrected chi connectivity index (χ4v) is 2.07. The number of nitrogens with two attached hydrogens (primary N) is 1. The summed E-state index contributed by atoms with van der Waals surface area (Å²) in [4.78, 5) is 11.9. The number of carbonyl (C=O) groups excluding carboxylic acids is 1. The van der Waals surface area contributed by atoms with Gasteiger partial charge in [0.1, 0.15) is 12.4 Å². The summed E-state index contributed by atoms with van der Waals surface area (Å²) in [6, 6.07) is 9.00. The molecule has 2 rings (SSSR count). The molecule has 0 saturated carbocycles. The van der Waals surface area contributed by atoms with Gasteiger partial charge < -0.3 is 10.5 Å². The summed E-state index contributed by atoms with van der Waals surface area (Å²) in [6.07, 6.45) is 0. The number of rotatable bonds is 3. The van der Waals surface area contributed by atoms with Gasteiger partial charge in [0.15, 0.2) is 0 Å². The van der Waals surface area contributed by atoms with Crippen LogP contribution < -0.4 is 5.73 Å². The van der Waals surface area contributed by atoms with Crippen LogP contribution in [0.3, 0.4) is 0 Å². The lowest BCUT2D eigenvalue weighted by molar-refractivity contribution is 0.0470. The Labute approximate surface area is 128 Å². The highest BCUT2D eigenvalue weighted by molar-refractivity contribution is 9.10. The molecule has 0 bridgehead atoms. The van der Waals surface area contributed by atoms with Gasteiger partial charge in [-0.05, 0) is 30.3 Å². The Kier molecular flexibility index (Phi) is 4.62. The highest BCUT2D eigenvalue weighted by Crippen LogP contribution is 2.20. The molecule has 2 aromatic carbocycles.